The van der Waals surface area contributed by atoms with E-state index in [4.69, 9.17) is 22.1 Å². The highest BCUT2D eigenvalue weighted by Gasteiger charge is 2.27. The van der Waals surface area contributed by atoms with E-state index in [1.54, 1.807) is 7.11 Å². The average molecular weight is 312 g/mol. The maximum Gasteiger partial charge on any atom is 0.137 e. The number of benzene rings is 1. The zero-order valence-corrected chi connectivity index (χ0v) is 13.9. The molecule has 0 radical (unpaired) electrons. The summed E-state index contributed by atoms with van der Waals surface area (Å²) in [6.07, 6.45) is 2.47. The Morgan fingerprint density at radius 1 is 1.48 bits per heavy atom. The second-order valence-electron chi connectivity index (χ2n) is 5.90. The van der Waals surface area contributed by atoms with E-state index in [-0.39, 0.29) is 6.04 Å². The number of hydrogen-bond donors (Lipinski definition) is 1. The van der Waals surface area contributed by atoms with Crippen molar-refractivity contribution < 1.29 is 4.74 Å². The molecule has 5 heteroatoms. The molecule has 1 aromatic rings. The first-order valence-electron chi connectivity index (χ1n) is 7.50. The van der Waals surface area contributed by atoms with Crippen molar-refractivity contribution in [2.75, 3.05) is 40.8 Å². The molecule has 118 valence electrons. The van der Waals surface area contributed by atoms with Crippen molar-refractivity contribution in [3.63, 3.8) is 0 Å². The molecule has 2 rings (SSSR count). The predicted octanol–water partition coefficient (Wildman–Crippen LogP) is 2.37. The van der Waals surface area contributed by atoms with E-state index >= 15 is 0 Å². The van der Waals surface area contributed by atoms with Gasteiger partial charge in [0.1, 0.15) is 5.75 Å². The molecule has 1 aliphatic heterocycles. The Balaban J connectivity index is 2.17. The third-order valence-corrected chi connectivity index (χ3v) is 4.68. The number of likely N-dealkylation sites (tertiary alicyclic amines) is 1. The van der Waals surface area contributed by atoms with Crippen LogP contribution >= 0.6 is 11.6 Å². The normalized spacial score (nSPS) is 21.5. The van der Waals surface area contributed by atoms with Gasteiger partial charge in [-0.2, -0.15) is 0 Å². The van der Waals surface area contributed by atoms with E-state index in [0.717, 1.165) is 13.1 Å². The van der Waals surface area contributed by atoms with Crippen molar-refractivity contribution in [2.45, 2.75) is 24.9 Å². The van der Waals surface area contributed by atoms with E-state index < -0.39 is 0 Å². The van der Waals surface area contributed by atoms with Gasteiger partial charge in [0, 0.05) is 25.2 Å². The Morgan fingerprint density at radius 2 is 2.24 bits per heavy atom. The number of methoxy groups -OCH3 is 1. The van der Waals surface area contributed by atoms with Crippen molar-refractivity contribution in [3.05, 3.63) is 28.8 Å². The summed E-state index contributed by atoms with van der Waals surface area (Å²) in [5, 5.41) is 0.648. The van der Waals surface area contributed by atoms with Gasteiger partial charge in [0.2, 0.25) is 0 Å². The number of rotatable bonds is 5. The molecule has 0 spiro atoms. The minimum Gasteiger partial charge on any atom is -0.495 e. The van der Waals surface area contributed by atoms with Gasteiger partial charge in [-0.25, -0.2) is 0 Å². The number of nitrogens with zero attached hydrogens (tertiary/aromatic N) is 2. The minimum atomic E-state index is 0.219. The Bertz CT molecular complexity index is 467. The molecule has 4 nitrogen and oxygen atoms in total. The Kier molecular flexibility index (Phi) is 5.88. The zero-order valence-electron chi connectivity index (χ0n) is 13.2. The van der Waals surface area contributed by atoms with Crippen LogP contribution in [0.5, 0.6) is 5.75 Å². The maximum absolute atomic E-state index is 6.26. The molecule has 2 atom stereocenters. The lowest BCUT2D eigenvalue weighted by molar-refractivity contribution is 0.0984. The van der Waals surface area contributed by atoms with Crippen LogP contribution in [-0.4, -0.2) is 56.7 Å². The summed E-state index contributed by atoms with van der Waals surface area (Å²) in [5.41, 5.74) is 7.22. The molecule has 21 heavy (non-hydrogen) atoms. The first kappa shape index (κ1) is 16.6. The molecule has 2 unspecified atom stereocenters. The smallest absolute Gasteiger partial charge is 0.137 e. The molecule has 0 bridgehead atoms. The fourth-order valence-corrected chi connectivity index (χ4v) is 3.34. The molecule has 0 aromatic heterocycles. The molecule has 0 amide bonds. The van der Waals surface area contributed by atoms with Crippen LogP contribution in [0.25, 0.3) is 0 Å². The lowest BCUT2D eigenvalue weighted by Gasteiger charge is -2.40. The summed E-state index contributed by atoms with van der Waals surface area (Å²) in [5.74, 6) is 0.709. The van der Waals surface area contributed by atoms with Gasteiger partial charge in [-0.3, -0.25) is 4.90 Å². The van der Waals surface area contributed by atoms with Crippen molar-refractivity contribution in [3.8, 4) is 5.75 Å². The van der Waals surface area contributed by atoms with Gasteiger partial charge in [0.25, 0.3) is 0 Å². The van der Waals surface area contributed by atoms with Gasteiger partial charge in [0.15, 0.2) is 0 Å². The third-order valence-electron chi connectivity index (χ3n) is 4.38. The zero-order chi connectivity index (χ0) is 15.4. The largest absolute Gasteiger partial charge is 0.495 e. The maximum atomic E-state index is 6.26. The summed E-state index contributed by atoms with van der Waals surface area (Å²) < 4.78 is 5.22. The number of likely N-dealkylation sites (N-methyl/N-ethyl adjacent to an activating group) is 1. The molecule has 0 saturated carbocycles. The fraction of sp³-hybridized carbons (Fsp3) is 0.625. The van der Waals surface area contributed by atoms with Gasteiger partial charge in [-0.05, 0) is 51.2 Å². The van der Waals surface area contributed by atoms with E-state index in [0.29, 0.717) is 23.4 Å². The first-order valence-corrected chi connectivity index (χ1v) is 7.88. The Hall–Kier alpha value is -0.810. The molecule has 1 fully saturated rings. The lowest BCUT2D eigenvalue weighted by atomic mass is 9.99. The number of nitrogens with two attached hydrogens (primary N) is 1. The van der Waals surface area contributed by atoms with Crippen LogP contribution in [0, 0.1) is 0 Å². The van der Waals surface area contributed by atoms with E-state index in [1.807, 2.05) is 12.1 Å². The second-order valence-corrected chi connectivity index (χ2v) is 6.31. The van der Waals surface area contributed by atoms with Crippen LogP contribution in [0.4, 0.5) is 0 Å². The number of piperidine rings is 1. The Labute approximate surface area is 132 Å². The average Bonchev–Trinajstić information content (AvgIpc) is 2.48. The highest BCUT2D eigenvalue weighted by molar-refractivity contribution is 6.32. The molecular weight excluding hydrogens is 286 g/mol. The fourth-order valence-electron chi connectivity index (χ4n) is 3.07. The summed E-state index contributed by atoms with van der Waals surface area (Å²) in [4.78, 5) is 4.78. The van der Waals surface area contributed by atoms with Crippen molar-refractivity contribution >= 4 is 11.6 Å². The quantitative estimate of drug-likeness (QED) is 0.906. The topological polar surface area (TPSA) is 41.7 Å². The van der Waals surface area contributed by atoms with Crippen LogP contribution < -0.4 is 10.5 Å². The van der Waals surface area contributed by atoms with Gasteiger partial charge in [-0.1, -0.05) is 17.7 Å². The van der Waals surface area contributed by atoms with Crippen molar-refractivity contribution in [1.29, 1.82) is 0 Å². The van der Waals surface area contributed by atoms with Crippen LogP contribution in [-0.2, 0) is 0 Å². The summed E-state index contributed by atoms with van der Waals surface area (Å²) in [6.45, 7) is 2.75. The van der Waals surface area contributed by atoms with Crippen LogP contribution in [0.3, 0.4) is 0 Å². The molecule has 1 aliphatic rings. The number of halogens is 1. The van der Waals surface area contributed by atoms with Gasteiger partial charge in [0.05, 0.1) is 12.1 Å². The minimum absolute atomic E-state index is 0.219. The summed E-state index contributed by atoms with van der Waals surface area (Å²) >= 11 is 6.26. The van der Waals surface area contributed by atoms with Crippen LogP contribution in [0.1, 0.15) is 24.4 Å². The highest BCUT2D eigenvalue weighted by Crippen LogP contribution is 2.31. The van der Waals surface area contributed by atoms with E-state index in [2.05, 4.69) is 30.0 Å². The highest BCUT2D eigenvalue weighted by atomic mass is 35.5. The monoisotopic (exact) mass is 311 g/mol. The lowest BCUT2D eigenvalue weighted by Crippen LogP contribution is -2.47. The SMILES string of the molecule is COc1ccc(C(CN)N2CCCC(N(C)C)C2)cc1Cl. The van der Waals surface area contributed by atoms with Gasteiger partial charge < -0.3 is 15.4 Å². The molecule has 2 N–H and O–H groups in total. The van der Waals surface area contributed by atoms with Crippen LogP contribution in [0.2, 0.25) is 5.02 Å². The third kappa shape index (κ3) is 3.89. The van der Waals surface area contributed by atoms with Gasteiger partial charge in [-0.15, -0.1) is 0 Å². The summed E-state index contributed by atoms with van der Waals surface area (Å²) in [6, 6.07) is 6.80. The molecule has 1 heterocycles. The molecule has 1 saturated heterocycles. The summed E-state index contributed by atoms with van der Waals surface area (Å²) in [7, 11) is 5.93. The van der Waals surface area contributed by atoms with Crippen molar-refractivity contribution in [2.24, 2.45) is 5.73 Å². The Morgan fingerprint density at radius 3 is 2.81 bits per heavy atom. The molecule has 0 aliphatic carbocycles. The standard InChI is InChI=1S/C16H26ClN3O/c1-19(2)13-5-4-8-20(11-13)15(10-18)12-6-7-16(21-3)14(17)9-12/h6-7,9,13,15H,4-5,8,10-11,18H2,1-3H3. The first-order chi connectivity index (χ1) is 10.1. The van der Waals surface area contributed by atoms with Gasteiger partial charge >= 0.3 is 0 Å². The molecule has 1 aromatic carbocycles. The van der Waals surface area contributed by atoms with E-state index in [9.17, 15) is 0 Å². The van der Waals surface area contributed by atoms with E-state index in [1.165, 1.54) is 18.4 Å². The predicted molar refractivity (Wildman–Crippen MR) is 88.1 cm³/mol. The van der Waals surface area contributed by atoms with Crippen LogP contribution in [0.15, 0.2) is 18.2 Å². The second kappa shape index (κ2) is 7.45. The number of hydrogen-bond acceptors (Lipinski definition) is 4. The molecular formula is C16H26ClN3O. The number of ether oxygens (including phenoxy) is 1. The van der Waals surface area contributed by atoms with Crippen molar-refractivity contribution in [1.82, 2.24) is 9.80 Å².